The van der Waals surface area contributed by atoms with Gasteiger partial charge in [0.05, 0.1) is 6.20 Å². The summed E-state index contributed by atoms with van der Waals surface area (Å²) >= 11 is 0. The largest absolute Gasteiger partial charge is 0.381 e. The summed E-state index contributed by atoms with van der Waals surface area (Å²) in [6.07, 6.45) is 7.52. The van der Waals surface area contributed by atoms with Gasteiger partial charge in [-0.05, 0) is 30.5 Å². The lowest BCUT2D eigenvalue weighted by molar-refractivity contribution is 0.602. The van der Waals surface area contributed by atoms with Crippen molar-refractivity contribution in [1.82, 2.24) is 9.78 Å². The van der Waals surface area contributed by atoms with Gasteiger partial charge in [0.2, 0.25) is 0 Å². The molecular formula is C16H23N3. The smallest absolute Gasteiger partial charge is 0.0539 e. The van der Waals surface area contributed by atoms with Gasteiger partial charge in [0.1, 0.15) is 0 Å². The van der Waals surface area contributed by atoms with Gasteiger partial charge in [-0.2, -0.15) is 5.10 Å². The topological polar surface area (TPSA) is 29.9 Å². The molecule has 0 atom stereocenters. The highest BCUT2D eigenvalue weighted by atomic mass is 15.3. The molecule has 0 spiro atoms. The van der Waals surface area contributed by atoms with Crippen molar-refractivity contribution in [1.29, 1.82) is 0 Å². The first-order chi connectivity index (χ1) is 9.31. The van der Waals surface area contributed by atoms with Gasteiger partial charge in [-0.3, -0.25) is 4.68 Å². The standard InChI is InChI=1S/C16H23N3/c1-3-5-14-6-8-16(9-7-14)17-11-15-12-18-19(13-15)10-4-2/h6-9,12-13,17H,3-5,10-11H2,1-2H3. The summed E-state index contributed by atoms with van der Waals surface area (Å²) in [5.41, 5.74) is 3.80. The second-order valence-electron chi connectivity index (χ2n) is 4.91. The van der Waals surface area contributed by atoms with Gasteiger partial charge in [0, 0.05) is 30.5 Å². The van der Waals surface area contributed by atoms with E-state index in [1.165, 1.54) is 23.2 Å². The number of nitrogens with zero attached hydrogens (tertiary/aromatic N) is 2. The third-order valence-corrected chi connectivity index (χ3v) is 3.13. The first-order valence-electron chi connectivity index (χ1n) is 7.16. The number of anilines is 1. The van der Waals surface area contributed by atoms with E-state index in [9.17, 15) is 0 Å². The zero-order chi connectivity index (χ0) is 13.5. The Kier molecular flexibility index (Phi) is 5.01. The van der Waals surface area contributed by atoms with Crippen LogP contribution in [0.15, 0.2) is 36.7 Å². The van der Waals surface area contributed by atoms with Crippen molar-refractivity contribution in [2.75, 3.05) is 5.32 Å². The van der Waals surface area contributed by atoms with Gasteiger partial charge in [0.25, 0.3) is 0 Å². The van der Waals surface area contributed by atoms with Crippen molar-refractivity contribution in [2.45, 2.75) is 46.2 Å². The van der Waals surface area contributed by atoms with Crippen molar-refractivity contribution >= 4 is 5.69 Å². The van der Waals surface area contributed by atoms with Crippen LogP contribution in [0.4, 0.5) is 5.69 Å². The van der Waals surface area contributed by atoms with E-state index < -0.39 is 0 Å². The maximum absolute atomic E-state index is 4.33. The third kappa shape index (κ3) is 4.12. The Morgan fingerprint density at radius 1 is 1.05 bits per heavy atom. The number of rotatable bonds is 7. The van der Waals surface area contributed by atoms with E-state index in [1.807, 2.05) is 10.9 Å². The third-order valence-electron chi connectivity index (χ3n) is 3.13. The quantitative estimate of drug-likeness (QED) is 0.816. The molecule has 0 bridgehead atoms. The van der Waals surface area contributed by atoms with Crippen molar-refractivity contribution in [3.8, 4) is 0 Å². The number of aryl methyl sites for hydroxylation is 2. The summed E-state index contributed by atoms with van der Waals surface area (Å²) < 4.78 is 2.00. The zero-order valence-corrected chi connectivity index (χ0v) is 11.9. The fraction of sp³-hybridized carbons (Fsp3) is 0.438. The molecule has 0 aliphatic heterocycles. The minimum Gasteiger partial charge on any atom is -0.381 e. The van der Waals surface area contributed by atoms with Gasteiger partial charge in [-0.25, -0.2) is 0 Å². The second-order valence-corrected chi connectivity index (χ2v) is 4.91. The van der Waals surface area contributed by atoms with E-state index in [0.29, 0.717) is 0 Å². The Morgan fingerprint density at radius 3 is 2.53 bits per heavy atom. The summed E-state index contributed by atoms with van der Waals surface area (Å²) in [6.45, 7) is 6.19. The van der Waals surface area contributed by atoms with Gasteiger partial charge in [-0.1, -0.05) is 32.4 Å². The first-order valence-corrected chi connectivity index (χ1v) is 7.16. The molecule has 0 saturated carbocycles. The van der Waals surface area contributed by atoms with Crippen molar-refractivity contribution in [2.24, 2.45) is 0 Å². The van der Waals surface area contributed by atoms with Crippen LogP contribution in [-0.2, 0) is 19.5 Å². The highest BCUT2D eigenvalue weighted by molar-refractivity contribution is 5.45. The molecule has 2 rings (SSSR count). The maximum atomic E-state index is 4.33. The van der Waals surface area contributed by atoms with E-state index in [0.717, 1.165) is 25.9 Å². The summed E-state index contributed by atoms with van der Waals surface area (Å²) in [4.78, 5) is 0. The summed E-state index contributed by atoms with van der Waals surface area (Å²) in [7, 11) is 0. The van der Waals surface area contributed by atoms with Crippen molar-refractivity contribution < 1.29 is 0 Å². The zero-order valence-electron chi connectivity index (χ0n) is 11.9. The molecule has 3 heteroatoms. The van der Waals surface area contributed by atoms with E-state index in [-0.39, 0.29) is 0 Å². The molecule has 0 saturated heterocycles. The van der Waals surface area contributed by atoms with Crippen LogP contribution >= 0.6 is 0 Å². The lowest BCUT2D eigenvalue weighted by Gasteiger charge is -2.06. The number of nitrogens with one attached hydrogen (secondary N) is 1. The predicted octanol–water partition coefficient (Wildman–Crippen LogP) is 3.86. The minimum absolute atomic E-state index is 0.830. The maximum Gasteiger partial charge on any atom is 0.0539 e. The fourth-order valence-electron chi connectivity index (χ4n) is 2.13. The number of aromatic nitrogens is 2. The lowest BCUT2D eigenvalue weighted by atomic mass is 10.1. The average molecular weight is 257 g/mol. The van der Waals surface area contributed by atoms with E-state index in [4.69, 9.17) is 0 Å². The van der Waals surface area contributed by atoms with Crippen LogP contribution in [0.5, 0.6) is 0 Å². The van der Waals surface area contributed by atoms with E-state index in [1.54, 1.807) is 0 Å². The van der Waals surface area contributed by atoms with Gasteiger partial charge >= 0.3 is 0 Å². The molecule has 0 unspecified atom stereocenters. The SMILES string of the molecule is CCCc1ccc(NCc2cnn(CCC)c2)cc1. The van der Waals surface area contributed by atoms with Crippen LogP contribution in [0.25, 0.3) is 0 Å². The van der Waals surface area contributed by atoms with Crippen LogP contribution < -0.4 is 5.32 Å². The lowest BCUT2D eigenvalue weighted by Crippen LogP contribution is -1.99. The molecular weight excluding hydrogens is 234 g/mol. The Balaban J connectivity index is 1.86. The van der Waals surface area contributed by atoms with Crippen LogP contribution in [-0.4, -0.2) is 9.78 Å². The van der Waals surface area contributed by atoms with Crippen LogP contribution in [0.3, 0.4) is 0 Å². The van der Waals surface area contributed by atoms with Crippen molar-refractivity contribution in [3.05, 3.63) is 47.8 Å². The molecule has 0 radical (unpaired) electrons. The van der Waals surface area contributed by atoms with Gasteiger partial charge in [-0.15, -0.1) is 0 Å². The molecule has 19 heavy (non-hydrogen) atoms. The summed E-state index contributed by atoms with van der Waals surface area (Å²) in [5.74, 6) is 0. The van der Waals surface area contributed by atoms with Crippen molar-refractivity contribution in [3.63, 3.8) is 0 Å². The normalized spacial score (nSPS) is 10.6. The monoisotopic (exact) mass is 257 g/mol. The Bertz CT molecular complexity index is 485. The molecule has 1 heterocycles. The van der Waals surface area contributed by atoms with E-state index >= 15 is 0 Å². The molecule has 1 aromatic heterocycles. The molecule has 0 aliphatic carbocycles. The number of benzene rings is 1. The molecule has 2 aromatic rings. The van der Waals surface area contributed by atoms with Gasteiger partial charge in [0.15, 0.2) is 0 Å². The molecule has 3 nitrogen and oxygen atoms in total. The summed E-state index contributed by atoms with van der Waals surface area (Å²) in [6, 6.07) is 8.71. The molecule has 102 valence electrons. The number of hydrogen-bond acceptors (Lipinski definition) is 2. The minimum atomic E-state index is 0.830. The molecule has 0 fully saturated rings. The van der Waals surface area contributed by atoms with Crippen LogP contribution in [0.1, 0.15) is 37.8 Å². The Hall–Kier alpha value is -1.77. The van der Waals surface area contributed by atoms with Crippen LogP contribution in [0, 0.1) is 0 Å². The number of hydrogen-bond donors (Lipinski definition) is 1. The first kappa shape index (κ1) is 13.7. The second kappa shape index (κ2) is 6.98. The Morgan fingerprint density at radius 2 is 1.84 bits per heavy atom. The van der Waals surface area contributed by atoms with Crippen LogP contribution in [0.2, 0.25) is 0 Å². The summed E-state index contributed by atoms with van der Waals surface area (Å²) in [5, 5.41) is 7.77. The Labute approximate surface area is 115 Å². The molecule has 0 aliphatic rings. The highest BCUT2D eigenvalue weighted by Gasteiger charge is 1.98. The molecule has 0 amide bonds. The van der Waals surface area contributed by atoms with Gasteiger partial charge < -0.3 is 5.32 Å². The molecule has 1 N–H and O–H groups in total. The average Bonchev–Trinajstić information content (AvgIpc) is 2.87. The molecule has 1 aromatic carbocycles. The highest BCUT2D eigenvalue weighted by Crippen LogP contribution is 2.12. The predicted molar refractivity (Wildman–Crippen MR) is 80.3 cm³/mol. The fourth-order valence-corrected chi connectivity index (χ4v) is 2.13. The van der Waals surface area contributed by atoms with E-state index in [2.05, 4.69) is 54.7 Å².